The van der Waals surface area contributed by atoms with Crippen LogP contribution in [-0.4, -0.2) is 66.0 Å². The summed E-state index contributed by atoms with van der Waals surface area (Å²) in [4.78, 5) is 42.1. The molecule has 0 saturated carbocycles. The van der Waals surface area contributed by atoms with Gasteiger partial charge in [0.15, 0.2) is 46.1 Å². The minimum atomic E-state index is 0.275. The first kappa shape index (κ1) is 42.7. The summed E-state index contributed by atoms with van der Waals surface area (Å²) < 4.78 is 22.2. The topological polar surface area (TPSA) is 135 Å². The Morgan fingerprint density at radius 3 is 1.39 bits per heavy atom. The molecule has 8 bridgehead atoms. The van der Waals surface area contributed by atoms with E-state index in [2.05, 4.69) is 60.4 Å². The van der Waals surface area contributed by atoms with Gasteiger partial charge in [-0.05, 0) is 29.7 Å². The maximum absolute atomic E-state index is 6.92. The third-order valence-electron chi connectivity index (χ3n) is 12.6. The van der Waals surface area contributed by atoms with Crippen molar-refractivity contribution in [2.24, 2.45) is 23.7 Å². The van der Waals surface area contributed by atoms with Crippen molar-refractivity contribution in [1.82, 2.24) is 39.6 Å². The maximum atomic E-state index is 6.92. The van der Waals surface area contributed by atoms with Gasteiger partial charge in [0, 0.05) is 38.4 Å². The van der Waals surface area contributed by atoms with Crippen molar-refractivity contribution < 1.29 is 19.0 Å². The van der Waals surface area contributed by atoms with E-state index in [0.717, 1.165) is 69.5 Å². The van der Waals surface area contributed by atoms with Crippen LogP contribution in [0.25, 0.3) is 89.7 Å². The number of fused-ring (bicyclic) bond motifs is 20. The third kappa shape index (κ3) is 8.10. The highest BCUT2D eigenvalue weighted by molar-refractivity contribution is 6.11. The number of aromatic nitrogens is 8. The van der Waals surface area contributed by atoms with E-state index in [4.69, 9.17) is 49.0 Å². The molecule has 0 aliphatic carbocycles. The van der Waals surface area contributed by atoms with Crippen molar-refractivity contribution in [1.29, 1.82) is 0 Å². The Bertz CT molecular complexity index is 3010. The fourth-order valence-electron chi connectivity index (χ4n) is 7.66. The number of benzene rings is 4. The summed E-state index contributed by atoms with van der Waals surface area (Å²) in [6, 6.07) is 26.3. The molecule has 0 spiro atoms. The molecule has 0 fully saturated rings. The lowest BCUT2D eigenvalue weighted by molar-refractivity contribution is 0.0983. The zero-order valence-electron chi connectivity index (χ0n) is 38.2. The van der Waals surface area contributed by atoms with Crippen LogP contribution in [0, 0.1) is 23.7 Å². The van der Waals surface area contributed by atoms with E-state index >= 15 is 0 Å². The van der Waals surface area contributed by atoms with Crippen molar-refractivity contribution in [3.8, 4) is 62.8 Å². The Labute approximate surface area is 374 Å². The molecule has 1 N–H and O–H groups in total. The van der Waals surface area contributed by atoms with Crippen molar-refractivity contribution >= 4 is 44.1 Å². The normalized spacial score (nSPS) is 13.9. The average molecular weight is 859 g/mol. The van der Waals surface area contributed by atoms with Crippen LogP contribution < -0.4 is 19.0 Å². The summed E-state index contributed by atoms with van der Waals surface area (Å²) in [6.45, 7) is 19.3. The van der Waals surface area contributed by atoms with E-state index < -0.39 is 0 Å². The van der Waals surface area contributed by atoms with Crippen LogP contribution in [0.3, 0.4) is 0 Å². The quantitative estimate of drug-likeness (QED) is 0.100. The monoisotopic (exact) mass is 858 g/mol. The molecule has 5 heterocycles. The van der Waals surface area contributed by atoms with Crippen LogP contribution in [0.2, 0.25) is 0 Å². The number of rotatable bonds is 16. The van der Waals surface area contributed by atoms with Crippen molar-refractivity contribution in [2.45, 2.75) is 81.1 Å². The van der Waals surface area contributed by atoms with Crippen LogP contribution in [-0.2, 0) is 0 Å². The van der Waals surface area contributed by atoms with Crippen LogP contribution >= 0.6 is 0 Å². The molecule has 330 valence electrons. The van der Waals surface area contributed by atoms with Crippen molar-refractivity contribution in [3.05, 3.63) is 78.9 Å². The fraction of sp³-hybridized carbons (Fsp3) is 0.385. The van der Waals surface area contributed by atoms with Gasteiger partial charge in [0.1, 0.15) is 17.9 Å². The van der Waals surface area contributed by atoms with Crippen LogP contribution in [0.15, 0.2) is 78.9 Å². The van der Waals surface area contributed by atoms with Gasteiger partial charge in [0.25, 0.3) is 0 Å². The van der Waals surface area contributed by atoms with Crippen LogP contribution in [0.1, 0.15) is 81.1 Å². The number of aromatic amines is 1. The molecule has 2 aliphatic heterocycles. The first-order chi connectivity index (χ1) is 31.2. The maximum Gasteiger partial charge on any atom is 0.204 e. The van der Waals surface area contributed by atoms with E-state index in [1.54, 1.807) is 4.73 Å². The summed E-state index contributed by atoms with van der Waals surface area (Å²) in [5.74, 6) is 4.92. The summed E-state index contributed by atoms with van der Waals surface area (Å²) in [7, 11) is 0. The lowest BCUT2D eigenvalue weighted by Gasteiger charge is -2.21. The molecule has 0 amide bonds. The molecule has 0 saturated heterocycles. The van der Waals surface area contributed by atoms with E-state index in [0.29, 0.717) is 101 Å². The lowest BCUT2D eigenvalue weighted by Crippen LogP contribution is -2.18. The smallest absolute Gasteiger partial charge is 0.204 e. The largest absolute Gasteiger partial charge is 0.489 e. The Hall–Kier alpha value is -6.56. The molecular weight excluding hydrogens is 801 g/mol. The molecule has 9 rings (SSSR count). The molecule has 7 aromatic rings. The summed E-state index contributed by atoms with van der Waals surface area (Å²) in [6.07, 6.45) is 3.84. The van der Waals surface area contributed by atoms with Gasteiger partial charge < -0.3 is 24.0 Å². The van der Waals surface area contributed by atoms with E-state index in [1.165, 1.54) is 0 Å². The predicted molar refractivity (Wildman–Crippen MR) is 255 cm³/mol. The van der Waals surface area contributed by atoms with Crippen LogP contribution in [0.5, 0.6) is 17.2 Å². The van der Waals surface area contributed by atoms with Crippen LogP contribution in [0.4, 0.5) is 0 Å². The van der Waals surface area contributed by atoms with Gasteiger partial charge in [-0.3, -0.25) is 0 Å². The molecule has 4 unspecified atom stereocenters. The Morgan fingerprint density at radius 2 is 0.891 bits per heavy atom. The second-order valence-corrected chi connectivity index (χ2v) is 17.6. The zero-order chi connectivity index (χ0) is 44.5. The molecule has 4 atom stereocenters. The van der Waals surface area contributed by atoms with Gasteiger partial charge in [0.2, 0.25) is 5.75 Å². The van der Waals surface area contributed by atoms with Gasteiger partial charge >= 0.3 is 0 Å². The molecule has 12 heteroatoms. The number of hydrogen-bond donors (Lipinski definition) is 1. The second kappa shape index (κ2) is 18.3. The fourth-order valence-corrected chi connectivity index (χ4v) is 7.66. The highest BCUT2D eigenvalue weighted by atomic mass is 16.7. The minimum absolute atomic E-state index is 0.275. The Morgan fingerprint density at radius 1 is 0.469 bits per heavy atom. The number of H-pyrrole nitrogens is 1. The first-order valence-electron chi connectivity index (χ1n) is 23.0. The number of hydrogen-bond acceptors (Lipinski definition) is 10. The number of nitrogens with one attached hydrogen (secondary N) is 1. The molecule has 0 radical (unpaired) electrons. The van der Waals surface area contributed by atoms with Gasteiger partial charge in [-0.25, -0.2) is 29.9 Å². The zero-order valence-corrected chi connectivity index (χ0v) is 38.2. The molecule has 3 aromatic heterocycles. The molecule has 2 aliphatic rings. The Kier molecular flexibility index (Phi) is 12.2. The molecule has 64 heavy (non-hydrogen) atoms. The molecule has 4 aromatic carbocycles. The number of nitrogens with zero attached hydrogens (tertiary/aromatic N) is 7. The van der Waals surface area contributed by atoms with E-state index in [1.807, 2.05) is 78.9 Å². The van der Waals surface area contributed by atoms with Gasteiger partial charge in [-0.1, -0.05) is 154 Å². The lowest BCUT2D eigenvalue weighted by atomic mass is 10.1. The highest BCUT2D eigenvalue weighted by Crippen LogP contribution is 2.48. The predicted octanol–water partition coefficient (Wildman–Crippen LogP) is 12.1. The molecular formula is C52H58N8O4. The third-order valence-corrected chi connectivity index (χ3v) is 12.6. The summed E-state index contributed by atoms with van der Waals surface area (Å²) in [5.41, 5.74) is 5.63. The standard InChI is InChI=1S/C52H58N8O4/c1-9-30(5)26-61-41-25-40-42(44(63-28-32(7)11-3)43(41)62-27-31(6)10-2)50-56-46-35-20-14-16-22-37(35)48(54-46)59-52-39-24-18-17-23-38(39)51(60(52)64-29-33(8)12-4)58-47-36-21-15-13-19-34(36)45(53-47)55-49(40)57-50/h13-25,30-33H,9-12,26-29H2,1-8H3,(H,53,54,55,56,57,58,59). The SMILES string of the molecule is CCC(C)COc1cc2c3nc4nc(nc5c6ccccc6c(nc6nc(nc([nH]3)c2c(OCC(C)CC)c1OCC(C)CC)-c1ccccc1-6)n5OCC(C)CC)-c1ccccc1-4. The van der Waals surface area contributed by atoms with Crippen molar-refractivity contribution in [2.75, 3.05) is 26.4 Å². The highest BCUT2D eigenvalue weighted by Gasteiger charge is 2.28. The van der Waals surface area contributed by atoms with E-state index in [-0.39, 0.29) is 11.8 Å². The van der Waals surface area contributed by atoms with Gasteiger partial charge in [0.05, 0.1) is 25.2 Å². The van der Waals surface area contributed by atoms with E-state index in [9.17, 15) is 0 Å². The second-order valence-electron chi connectivity index (χ2n) is 17.6. The summed E-state index contributed by atoms with van der Waals surface area (Å²) in [5, 5.41) is 3.23. The Balaban J connectivity index is 1.45. The first-order valence-corrected chi connectivity index (χ1v) is 23.0. The number of ether oxygens (including phenoxy) is 3. The summed E-state index contributed by atoms with van der Waals surface area (Å²) >= 11 is 0. The van der Waals surface area contributed by atoms with Crippen molar-refractivity contribution in [3.63, 3.8) is 0 Å². The van der Waals surface area contributed by atoms with Gasteiger partial charge in [-0.15, -0.1) is 4.73 Å². The molecule has 12 nitrogen and oxygen atoms in total. The van der Waals surface area contributed by atoms with Gasteiger partial charge in [-0.2, -0.15) is 0 Å². The average Bonchev–Trinajstić information content (AvgIpc) is 4.05. The minimum Gasteiger partial charge on any atom is -0.489 e.